The molecule has 2 fully saturated rings. The molecule has 196 valence electrons. The van der Waals surface area contributed by atoms with Crippen molar-refractivity contribution >= 4 is 37.5 Å². The molecule has 0 unspecified atom stereocenters. The van der Waals surface area contributed by atoms with E-state index in [9.17, 15) is 21.6 Å². The SMILES string of the molecule is O=C(O)N1CCC(CNS(=O)(=O)c2cccc(S(=O)(=O)Nc3ccc(N4CCCCC4)cc3)c2)CC1. The molecule has 2 aromatic rings. The lowest BCUT2D eigenvalue weighted by molar-refractivity contribution is 0.125. The van der Waals surface area contributed by atoms with Crippen molar-refractivity contribution in [3.8, 4) is 0 Å². The Morgan fingerprint density at radius 2 is 1.47 bits per heavy atom. The molecule has 0 radical (unpaired) electrons. The van der Waals surface area contributed by atoms with Gasteiger partial charge in [-0.05, 0) is 80.5 Å². The molecule has 2 heterocycles. The van der Waals surface area contributed by atoms with Crippen molar-refractivity contribution in [2.45, 2.75) is 41.9 Å². The Kier molecular flexibility index (Phi) is 8.06. The van der Waals surface area contributed by atoms with Crippen LogP contribution in [-0.2, 0) is 20.0 Å². The summed E-state index contributed by atoms with van der Waals surface area (Å²) in [6.07, 6.45) is 3.66. The molecule has 0 atom stereocenters. The lowest BCUT2D eigenvalue weighted by Gasteiger charge is -2.29. The maximum atomic E-state index is 13.0. The highest BCUT2D eigenvalue weighted by Crippen LogP contribution is 2.24. The average molecular weight is 537 g/mol. The minimum atomic E-state index is -4.00. The third-order valence-electron chi connectivity index (χ3n) is 6.71. The summed E-state index contributed by atoms with van der Waals surface area (Å²) in [7, 11) is -7.94. The number of anilines is 2. The first-order chi connectivity index (χ1) is 17.1. The number of hydrogen-bond donors (Lipinski definition) is 3. The first kappa shape index (κ1) is 26.2. The zero-order chi connectivity index (χ0) is 25.8. The van der Waals surface area contributed by atoms with Gasteiger partial charge in [0, 0.05) is 44.1 Å². The van der Waals surface area contributed by atoms with Gasteiger partial charge in [-0.25, -0.2) is 26.4 Å². The number of likely N-dealkylation sites (tertiary alicyclic amines) is 1. The Balaban J connectivity index is 1.39. The third kappa shape index (κ3) is 6.48. The number of piperidine rings is 2. The fourth-order valence-electron chi connectivity index (χ4n) is 4.55. The van der Waals surface area contributed by atoms with Crippen molar-refractivity contribution in [3.63, 3.8) is 0 Å². The lowest BCUT2D eigenvalue weighted by Crippen LogP contribution is -2.40. The van der Waals surface area contributed by atoms with E-state index < -0.39 is 26.1 Å². The van der Waals surface area contributed by atoms with E-state index in [4.69, 9.17) is 5.11 Å². The predicted molar refractivity (Wildman–Crippen MR) is 137 cm³/mol. The summed E-state index contributed by atoms with van der Waals surface area (Å²) >= 11 is 0. The topological polar surface area (TPSA) is 136 Å². The van der Waals surface area contributed by atoms with Crippen LogP contribution in [-0.4, -0.2) is 65.7 Å². The van der Waals surface area contributed by atoms with Gasteiger partial charge in [0.1, 0.15) is 0 Å². The van der Waals surface area contributed by atoms with Crippen molar-refractivity contribution in [2.75, 3.05) is 42.3 Å². The molecule has 10 nitrogen and oxygen atoms in total. The molecule has 36 heavy (non-hydrogen) atoms. The highest BCUT2D eigenvalue weighted by atomic mass is 32.2. The number of nitrogens with one attached hydrogen (secondary N) is 2. The van der Waals surface area contributed by atoms with Crippen LogP contribution < -0.4 is 14.3 Å². The quantitative estimate of drug-likeness (QED) is 0.471. The fraction of sp³-hybridized carbons (Fsp3) is 0.458. The zero-order valence-corrected chi connectivity index (χ0v) is 21.6. The van der Waals surface area contributed by atoms with Gasteiger partial charge in [-0.1, -0.05) is 6.07 Å². The molecule has 1 amide bonds. The summed E-state index contributed by atoms with van der Waals surface area (Å²) in [5, 5.41) is 9.04. The largest absolute Gasteiger partial charge is 0.465 e. The second-order valence-corrected chi connectivity index (χ2v) is 12.7. The van der Waals surface area contributed by atoms with Crippen LogP contribution in [0.15, 0.2) is 58.3 Å². The second-order valence-electron chi connectivity index (χ2n) is 9.24. The van der Waals surface area contributed by atoms with Gasteiger partial charge in [-0.15, -0.1) is 0 Å². The van der Waals surface area contributed by atoms with Crippen molar-refractivity contribution in [1.29, 1.82) is 0 Å². The normalized spacial score (nSPS) is 17.7. The molecule has 0 saturated carbocycles. The number of carbonyl (C=O) groups is 1. The summed E-state index contributed by atoms with van der Waals surface area (Å²) < 4.78 is 56.7. The van der Waals surface area contributed by atoms with Crippen LogP contribution in [0.1, 0.15) is 32.1 Å². The first-order valence-corrected chi connectivity index (χ1v) is 15.1. The standard InChI is InChI=1S/C24H32N4O6S2/c29-24(30)28-15-11-19(12-16-28)18-25-35(31,32)22-5-4-6-23(17-22)36(33,34)26-20-7-9-21(10-8-20)27-13-2-1-3-14-27/h4-10,17,19,25-26H,1-3,11-16,18H2,(H,29,30). The molecule has 0 aliphatic carbocycles. The summed E-state index contributed by atoms with van der Waals surface area (Å²) in [6, 6.07) is 12.4. The third-order valence-corrected chi connectivity index (χ3v) is 9.51. The molecule has 2 saturated heterocycles. The highest BCUT2D eigenvalue weighted by molar-refractivity contribution is 7.93. The Labute approximate surface area is 212 Å². The van der Waals surface area contributed by atoms with E-state index >= 15 is 0 Å². The first-order valence-electron chi connectivity index (χ1n) is 12.1. The minimum absolute atomic E-state index is 0.0110. The maximum absolute atomic E-state index is 13.0. The number of rotatable bonds is 8. The number of benzene rings is 2. The summed E-state index contributed by atoms with van der Waals surface area (Å²) in [5.74, 6) is 0.0110. The van der Waals surface area contributed by atoms with Crippen LogP contribution in [0.5, 0.6) is 0 Å². The van der Waals surface area contributed by atoms with Crippen molar-refractivity contribution in [2.24, 2.45) is 5.92 Å². The zero-order valence-electron chi connectivity index (χ0n) is 20.0. The molecule has 0 aromatic heterocycles. The number of carboxylic acid groups (broad SMARTS) is 1. The van der Waals surface area contributed by atoms with E-state index in [1.165, 1.54) is 29.5 Å². The van der Waals surface area contributed by atoms with Crippen LogP contribution in [0, 0.1) is 5.92 Å². The molecular weight excluding hydrogens is 504 g/mol. The summed E-state index contributed by atoms with van der Waals surface area (Å²) in [5.41, 5.74) is 1.44. The van der Waals surface area contributed by atoms with Crippen molar-refractivity contribution < 1.29 is 26.7 Å². The van der Waals surface area contributed by atoms with E-state index in [0.717, 1.165) is 37.7 Å². The van der Waals surface area contributed by atoms with Gasteiger partial charge in [0.25, 0.3) is 10.0 Å². The minimum Gasteiger partial charge on any atom is -0.465 e. The Bertz CT molecular complexity index is 1270. The second kappa shape index (κ2) is 11.1. The predicted octanol–water partition coefficient (Wildman–Crippen LogP) is 3.15. The van der Waals surface area contributed by atoms with E-state index in [1.807, 2.05) is 12.1 Å². The molecule has 0 bridgehead atoms. The smallest absolute Gasteiger partial charge is 0.407 e. The fourth-order valence-corrected chi connectivity index (χ4v) is 6.89. The summed E-state index contributed by atoms with van der Waals surface area (Å²) in [4.78, 5) is 14.3. The molecule has 0 spiro atoms. The number of hydrogen-bond acceptors (Lipinski definition) is 6. The van der Waals surface area contributed by atoms with Gasteiger partial charge in [0.15, 0.2) is 0 Å². The van der Waals surface area contributed by atoms with Crippen molar-refractivity contribution in [1.82, 2.24) is 9.62 Å². The Morgan fingerprint density at radius 1 is 0.861 bits per heavy atom. The highest BCUT2D eigenvalue weighted by Gasteiger charge is 2.25. The molecule has 2 aromatic carbocycles. The lowest BCUT2D eigenvalue weighted by atomic mass is 9.97. The molecule has 12 heteroatoms. The average Bonchev–Trinajstić information content (AvgIpc) is 2.88. The number of sulfonamides is 2. The monoisotopic (exact) mass is 536 g/mol. The summed E-state index contributed by atoms with van der Waals surface area (Å²) in [6.45, 7) is 2.86. The van der Waals surface area contributed by atoms with Crippen LogP contribution in [0.3, 0.4) is 0 Å². The van der Waals surface area contributed by atoms with E-state index in [1.54, 1.807) is 12.1 Å². The van der Waals surface area contributed by atoms with E-state index in [2.05, 4.69) is 14.3 Å². The van der Waals surface area contributed by atoms with Gasteiger partial charge in [0.2, 0.25) is 10.0 Å². The van der Waals surface area contributed by atoms with Gasteiger partial charge < -0.3 is 14.9 Å². The van der Waals surface area contributed by atoms with Crippen LogP contribution in [0.4, 0.5) is 16.2 Å². The van der Waals surface area contributed by atoms with Gasteiger partial charge in [-0.2, -0.15) is 0 Å². The van der Waals surface area contributed by atoms with Gasteiger partial charge >= 0.3 is 6.09 Å². The maximum Gasteiger partial charge on any atom is 0.407 e. The Morgan fingerprint density at radius 3 is 2.08 bits per heavy atom. The molecule has 2 aliphatic heterocycles. The molecule has 3 N–H and O–H groups in total. The van der Waals surface area contributed by atoms with Crippen molar-refractivity contribution in [3.05, 3.63) is 48.5 Å². The van der Waals surface area contributed by atoms with Crippen LogP contribution >= 0.6 is 0 Å². The Hall–Kier alpha value is -2.83. The molecular formula is C24H32N4O6S2. The van der Waals surface area contributed by atoms with Crippen LogP contribution in [0.25, 0.3) is 0 Å². The number of nitrogens with zero attached hydrogens (tertiary/aromatic N) is 2. The molecule has 2 aliphatic rings. The number of amides is 1. The van der Waals surface area contributed by atoms with E-state index in [0.29, 0.717) is 31.6 Å². The van der Waals surface area contributed by atoms with Crippen LogP contribution in [0.2, 0.25) is 0 Å². The van der Waals surface area contributed by atoms with Gasteiger partial charge in [-0.3, -0.25) is 4.72 Å². The molecule has 4 rings (SSSR count). The van der Waals surface area contributed by atoms with E-state index in [-0.39, 0.29) is 22.3 Å². The van der Waals surface area contributed by atoms with Gasteiger partial charge in [0.05, 0.1) is 9.79 Å².